The van der Waals surface area contributed by atoms with Crippen LogP contribution in [0.25, 0.3) is 0 Å². The predicted molar refractivity (Wildman–Crippen MR) is 132 cm³/mol. The molecule has 8 nitrogen and oxygen atoms in total. The molecule has 9 heteroatoms. The molecule has 1 amide bonds. The smallest absolute Gasteiger partial charge is 0.261 e. The first-order chi connectivity index (χ1) is 16.9. The summed E-state index contributed by atoms with van der Waals surface area (Å²) in [5.74, 6) is 0.886. The van der Waals surface area contributed by atoms with Crippen molar-refractivity contribution in [3.8, 4) is 11.5 Å². The number of sulfonamides is 1. The Morgan fingerprint density at radius 3 is 2.49 bits per heavy atom. The van der Waals surface area contributed by atoms with Crippen LogP contribution in [0.3, 0.4) is 0 Å². The quantitative estimate of drug-likeness (QED) is 0.440. The number of ether oxygens (including phenoxy) is 3. The SMILES string of the molecule is COc1cc(CNC(=O)c2ccc(S(=O)(=O)Nc3ccccc3)cc2)ccc1OCC1CCCO1. The van der Waals surface area contributed by atoms with Crippen molar-refractivity contribution < 1.29 is 27.4 Å². The van der Waals surface area contributed by atoms with Crippen molar-refractivity contribution in [2.24, 2.45) is 0 Å². The van der Waals surface area contributed by atoms with E-state index in [2.05, 4.69) is 10.0 Å². The number of methoxy groups -OCH3 is 1. The van der Waals surface area contributed by atoms with Crippen molar-refractivity contribution in [3.63, 3.8) is 0 Å². The third kappa shape index (κ3) is 6.52. The Bertz CT molecular complexity index is 1240. The van der Waals surface area contributed by atoms with Crippen LogP contribution in [0.5, 0.6) is 11.5 Å². The van der Waals surface area contributed by atoms with Crippen LogP contribution in [0.1, 0.15) is 28.8 Å². The van der Waals surface area contributed by atoms with Crippen LogP contribution in [-0.4, -0.2) is 40.8 Å². The van der Waals surface area contributed by atoms with E-state index in [1.807, 2.05) is 18.2 Å². The fraction of sp³-hybridized carbons (Fsp3) is 0.269. The number of anilines is 1. The number of carbonyl (C=O) groups is 1. The Morgan fingerprint density at radius 1 is 1.03 bits per heavy atom. The Morgan fingerprint density at radius 2 is 1.80 bits per heavy atom. The Balaban J connectivity index is 1.34. The van der Waals surface area contributed by atoms with Crippen LogP contribution in [0.2, 0.25) is 0 Å². The van der Waals surface area contributed by atoms with Crippen molar-refractivity contribution in [2.75, 3.05) is 25.0 Å². The van der Waals surface area contributed by atoms with Gasteiger partial charge in [-0.25, -0.2) is 8.42 Å². The van der Waals surface area contributed by atoms with Gasteiger partial charge in [0.2, 0.25) is 0 Å². The van der Waals surface area contributed by atoms with E-state index in [1.165, 1.54) is 24.3 Å². The van der Waals surface area contributed by atoms with Gasteiger partial charge in [0.1, 0.15) is 6.61 Å². The molecule has 0 spiro atoms. The fourth-order valence-corrected chi connectivity index (χ4v) is 4.75. The minimum atomic E-state index is -3.75. The molecule has 1 atom stereocenters. The molecule has 4 rings (SSSR count). The van der Waals surface area contributed by atoms with E-state index >= 15 is 0 Å². The maximum Gasteiger partial charge on any atom is 0.261 e. The molecule has 0 bridgehead atoms. The van der Waals surface area contributed by atoms with Gasteiger partial charge in [0.15, 0.2) is 11.5 Å². The number of rotatable bonds is 10. The summed E-state index contributed by atoms with van der Waals surface area (Å²) in [4.78, 5) is 12.7. The van der Waals surface area contributed by atoms with Crippen molar-refractivity contribution in [2.45, 2.75) is 30.4 Å². The van der Waals surface area contributed by atoms with Crippen molar-refractivity contribution >= 4 is 21.6 Å². The summed E-state index contributed by atoms with van der Waals surface area (Å²) in [7, 11) is -2.18. The lowest BCUT2D eigenvalue weighted by Crippen LogP contribution is -2.23. The van der Waals surface area contributed by atoms with Gasteiger partial charge in [0.25, 0.3) is 15.9 Å². The molecule has 1 aliphatic heterocycles. The lowest BCUT2D eigenvalue weighted by molar-refractivity contribution is 0.0669. The number of hydrogen-bond donors (Lipinski definition) is 2. The molecule has 3 aromatic carbocycles. The van der Waals surface area contributed by atoms with Gasteiger partial charge < -0.3 is 19.5 Å². The Hall–Kier alpha value is -3.56. The number of nitrogens with one attached hydrogen (secondary N) is 2. The van der Waals surface area contributed by atoms with Crippen LogP contribution in [0, 0.1) is 0 Å². The second kappa shape index (κ2) is 11.2. The van der Waals surface area contributed by atoms with Gasteiger partial charge in [-0.3, -0.25) is 9.52 Å². The first-order valence-corrected chi connectivity index (χ1v) is 12.8. The summed E-state index contributed by atoms with van der Waals surface area (Å²) in [5.41, 5.74) is 1.66. The zero-order valence-electron chi connectivity index (χ0n) is 19.4. The highest BCUT2D eigenvalue weighted by atomic mass is 32.2. The lowest BCUT2D eigenvalue weighted by atomic mass is 10.1. The number of hydrogen-bond acceptors (Lipinski definition) is 6. The van der Waals surface area contributed by atoms with Gasteiger partial charge in [-0.05, 0) is 66.9 Å². The Kier molecular flexibility index (Phi) is 7.89. The van der Waals surface area contributed by atoms with Gasteiger partial charge in [-0.15, -0.1) is 0 Å². The molecule has 35 heavy (non-hydrogen) atoms. The van der Waals surface area contributed by atoms with Gasteiger partial charge in [-0.1, -0.05) is 24.3 Å². The highest BCUT2D eigenvalue weighted by molar-refractivity contribution is 7.92. The van der Waals surface area contributed by atoms with Gasteiger partial charge in [0.05, 0.1) is 18.1 Å². The zero-order chi connectivity index (χ0) is 24.7. The summed E-state index contributed by atoms with van der Waals surface area (Å²) in [6.45, 7) is 1.52. The molecular formula is C26H28N2O6S. The van der Waals surface area contributed by atoms with Crippen LogP contribution >= 0.6 is 0 Å². The minimum Gasteiger partial charge on any atom is -0.493 e. The third-order valence-corrected chi connectivity index (χ3v) is 6.98. The molecule has 0 saturated carbocycles. The van der Waals surface area contributed by atoms with Crippen molar-refractivity contribution in [1.82, 2.24) is 5.32 Å². The van der Waals surface area contributed by atoms with E-state index in [-0.39, 0.29) is 23.5 Å². The summed E-state index contributed by atoms with van der Waals surface area (Å²) in [5, 5.41) is 2.84. The highest BCUT2D eigenvalue weighted by Gasteiger charge is 2.18. The second-order valence-electron chi connectivity index (χ2n) is 8.11. The second-order valence-corrected chi connectivity index (χ2v) is 9.79. The van der Waals surface area contributed by atoms with E-state index < -0.39 is 10.0 Å². The van der Waals surface area contributed by atoms with Crippen molar-refractivity contribution in [1.29, 1.82) is 0 Å². The molecule has 1 fully saturated rings. The monoisotopic (exact) mass is 496 g/mol. The van der Waals surface area contributed by atoms with E-state index in [9.17, 15) is 13.2 Å². The highest BCUT2D eigenvalue weighted by Crippen LogP contribution is 2.29. The van der Waals surface area contributed by atoms with Crippen LogP contribution in [-0.2, 0) is 21.3 Å². The molecule has 0 aromatic heterocycles. The number of carbonyl (C=O) groups excluding carboxylic acids is 1. The topological polar surface area (TPSA) is 103 Å². The van der Waals surface area contributed by atoms with Gasteiger partial charge >= 0.3 is 0 Å². The normalized spacial score (nSPS) is 15.4. The summed E-state index contributed by atoms with van der Waals surface area (Å²) in [6.07, 6.45) is 2.14. The standard InChI is InChI=1S/C26H28N2O6S/c1-32-25-16-19(9-14-24(25)34-18-22-8-5-15-33-22)17-27-26(29)20-10-12-23(13-11-20)35(30,31)28-21-6-3-2-4-7-21/h2-4,6-7,9-14,16,22,28H,5,8,15,17-18H2,1H3,(H,27,29). The van der Waals surface area contributed by atoms with E-state index in [4.69, 9.17) is 14.2 Å². The van der Waals surface area contributed by atoms with E-state index in [0.717, 1.165) is 25.0 Å². The molecule has 3 aromatic rings. The molecule has 1 aliphatic rings. The molecule has 1 heterocycles. The Labute approximate surface area is 205 Å². The molecular weight excluding hydrogens is 468 g/mol. The van der Waals surface area contributed by atoms with Crippen LogP contribution < -0.4 is 19.5 Å². The molecule has 0 radical (unpaired) electrons. The zero-order valence-corrected chi connectivity index (χ0v) is 20.2. The lowest BCUT2D eigenvalue weighted by Gasteiger charge is -2.15. The number of amides is 1. The van der Waals surface area contributed by atoms with Crippen molar-refractivity contribution in [3.05, 3.63) is 83.9 Å². The maximum atomic E-state index is 12.6. The summed E-state index contributed by atoms with van der Waals surface area (Å²) >= 11 is 0. The summed E-state index contributed by atoms with van der Waals surface area (Å²) < 4.78 is 44.5. The fourth-order valence-electron chi connectivity index (χ4n) is 3.69. The minimum absolute atomic E-state index is 0.0706. The molecule has 184 valence electrons. The first-order valence-electron chi connectivity index (χ1n) is 11.3. The molecule has 0 aliphatic carbocycles. The van der Waals surface area contributed by atoms with Gasteiger partial charge in [0, 0.05) is 24.4 Å². The van der Waals surface area contributed by atoms with Crippen LogP contribution in [0.15, 0.2) is 77.7 Å². The maximum absolute atomic E-state index is 12.6. The molecule has 1 unspecified atom stereocenters. The average Bonchev–Trinajstić information content (AvgIpc) is 3.40. The van der Waals surface area contributed by atoms with E-state index in [0.29, 0.717) is 29.4 Å². The van der Waals surface area contributed by atoms with Gasteiger partial charge in [-0.2, -0.15) is 0 Å². The molecule has 2 N–H and O–H groups in total. The van der Waals surface area contributed by atoms with Crippen LogP contribution in [0.4, 0.5) is 5.69 Å². The number of benzene rings is 3. The third-order valence-electron chi connectivity index (χ3n) is 5.58. The molecule has 1 saturated heterocycles. The largest absolute Gasteiger partial charge is 0.493 e. The average molecular weight is 497 g/mol. The number of para-hydroxylation sites is 1. The van der Waals surface area contributed by atoms with E-state index in [1.54, 1.807) is 37.4 Å². The first kappa shape index (κ1) is 24.6. The predicted octanol–water partition coefficient (Wildman–Crippen LogP) is 3.98. The summed E-state index contributed by atoms with van der Waals surface area (Å²) in [6, 6.07) is 19.9.